The second-order valence-corrected chi connectivity index (χ2v) is 7.31. The van der Waals surface area contributed by atoms with E-state index in [9.17, 15) is 14.4 Å². The quantitative estimate of drug-likeness (QED) is 0.794. The summed E-state index contributed by atoms with van der Waals surface area (Å²) >= 11 is 0. The Morgan fingerprint density at radius 2 is 1.67 bits per heavy atom. The number of carbonyl (C=O) groups excluding carboxylic acids is 3. The Kier molecular flexibility index (Phi) is 3.53. The van der Waals surface area contributed by atoms with Gasteiger partial charge in [-0.05, 0) is 35.1 Å². The Hall–Kier alpha value is -3.15. The lowest BCUT2D eigenvalue weighted by Crippen LogP contribution is -2.45. The van der Waals surface area contributed by atoms with Crippen molar-refractivity contribution in [3.8, 4) is 0 Å². The van der Waals surface area contributed by atoms with Gasteiger partial charge in [0.25, 0.3) is 5.91 Å². The molecule has 27 heavy (non-hydrogen) atoms. The molecule has 2 aliphatic heterocycles. The van der Waals surface area contributed by atoms with E-state index in [4.69, 9.17) is 0 Å². The smallest absolute Gasteiger partial charge is 0.330 e. The van der Waals surface area contributed by atoms with Crippen molar-refractivity contribution in [2.24, 2.45) is 0 Å². The molecule has 0 radical (unpaired) electrons. The van der Waals surface area contributed by atoms with Crippen molar-refractivity contribution >= 4 is 18.0 Å². The number of benzene rings is 2. The molecule has 1 fully saturated rings. The number of hydrogen-bond acceptors (Lipinski definition) is 3. The van der Waals surface area contributed by atoms with Gasteiger partial charge in [-0.25, -0.2) is 9.59 Å². The van der Waals surface area contributed by atoms with E-state index in [1.54, 1.807) is 0 Å². The van der Waals surface area contributed by atoms with Crippen LogP contribution in [0.25, 0.3) is 0 Å². The van der Waals surface area contributed by atoms with E-state index < -0.39 is 24.0 Å². The zero-order valence-corrected chi connectivity index (χ0v) is 14.7. The third kappa shape index (κ3) is 2.44. The van der Waals surface area contributed by atoms with E-state index in [-0.39, 0.29) is 6.04 Å². The molecule has 0 bridgehead atoms. The van der Waals surface area contributed by atoms with Gasteiger partial charge in [-0.1, -0.05) is 48.5 Å². The third-order valence-corrected chi connectivity index (χ3v) is 5.82. The minimum absolute atomic E-state index is 0.163. The highest BCUT2D eigenvalue weighted by Crippen LogP contribution is 2.33. The van der Waals surface area contributed by atoms with Gasteiger partial charge in [-0.3, -0.25) is 4.79 Å². The number of rotatable bonds is 1. The first kappa shape index (κ1) is 16.1. The largest absolute Gasteiger partial charge is 0.336 e. The molecule has 2 aromatic carbocycles. The van der Waals surface area contributed by atoms with Crippen molar-refractivity contribution in [3.05, 3.63) is 70.8 Å². The normalized spacial score (nSPS) is 23.1. The van der Waals surface area contributed by atoms with Crippen LogP contribution in [0.4, 0.5) is 9.59 Å². The van der Waals surface area contributed by atoms with Gasteiger partial charge < -0.3 is 10.2 Å². The maximum atomic E-state index is 12.8. The minimum Gasteiger partial charge on any atom is -0.330 e. The second kappa shape index (κ2) is 5.94. The van der Waals surface area contributed by atoms with Crippen LogP contribution in [0, 0.1) is 0 Å². The first-order valence-corrected chi connectivity index (χ1v) is 9.23. The molecule has 1 N–H and O–H groups in total. The Morgan fingerprint density at radius 1 is 0.963 bits per heavy atom. The molecule has 5 rings (SSSR count). The van der Waals surface area contributed by atoms with Crippen molar-refractivity contribution in [1.29, 1.82) is 0 Å². The summed E-state index contributed by atoms with van der Waals surface area (Å²) in [5, 5.41) is 2.89. The fourth-order valence-corrected chi connectivity index (χ4v) is 4.42. The predicted molar refractivity (Wildman–Crippen MR) is 97.8 cm³/mol. The van der Waals surface area contributed by atoms with Crippen molar-refractivity contribution in [2.75, 3.05) is 0 Å². The Labute approximate surface area is 156 Å². The number of hydrogen-bond donors (Lipinski definition) is 1. The molecule has 2 atom stereocenters. The third-order valence-electron chi connectivity index (χ3n) is 5.82. The average molecular weight is 361 g/mol. The van der Waals surface area contributed by atoms with Gasteiger partial charge in [0.2, 0.25) is 0 Å². The summed E-state index contributed by atoms with van der Waals surface area (Å²) in [4.78, 5) is 40.7. The topological polar surface area (TPSA) is 69.7 Å². The number of nitrogens with one attached hydrogen (secondary N) is 1. The maximum absolute atomic E-state index is 12.8. The van der Waals surface area contributed by atoms with Gasteiger partial charge in [0, 0.05) is 13.0 Å². The van der Waals surface area contributed by atoms with Crippen molar-refractivity contribution in [1.82, 2.24) is 15.1 Å². The summed E-state index contributed by atoms with van der Waals surface area (Å²) in [6, 6.07) is 13.8. The highest BCUT2D eigenvalue weighted by molar-refractivity contribution is 6.16. The lowest BCUT2D eigenvalue weighted by molar-refractivity contribution is -0.126. The molecule has 2 heterocycles. The van der Waals surface area contributed by atoms with Gasteiger partial charge in [0.1, 0.15) is 6.04 Å². The Bertz CT molecular complexity index is 928. The molecule has 0 aromatic heterocycles. The van der Waals surface area contributed by atoms with Gasteiger partial charge in [0.05, 0.1) is 6.04 Å². The van der Waals surface area contributed by atoms with Crippen LogP contribution in [0.5, 0.6) is 0 Å². The highest BCUT2D eigenvalue weighted by atomic mass is 16.2. The Balaban J connectivity index is 1.37. The van der Waals surface area contributed by atoms with Crippen molar-refractivity contribution in [3.63, 3.8) is 0 Å². The molecule has 1 aliphatic carbocycles. The standard InChI is InChI=1S/C21H19N3O3/c25-19-18-11-14-6-1-2-7-15(14)12-23(18)21(27)24(19)20(26)22-17-10-9-13-5-3-4-8-16(13)17/h1-8,17-18H,9-12H2,(H,22,26)/t17-,18?/m1/s1. The molecule has 1 saturated heterocycles. The first-order chi connectivity index (χ1) is 13.1. The van der Waals surface area contributed by atoms with Gasteiger partial charge in [-0.2, -0.15) is 4.90 Å². The fourth-order valence-electron chi connectivity index (χ4n) is 4.42. The van der Waals surface area contributed by atoms with E-state index in [0.717, 1.165) is 34.4 Å². The molecular weight excluding hydrogens is 342 g/mol. The molecule has 0 saturated carbocycles. The molecule has 0 spiro atoms. The van der Waals surface area contributed by atoms with E-state index in [1.165, 1.54) is 10.5 Å². The lowest BCUT2D eigenvalue weighted by Gasteiger charge is -2.28. The zero-order chi connectivity index (χ0) is 18.5. The summed E-state index contributed by atoms with van der Waals surface area (Å²) in [6.45, 7) is 0.363. The van der Waals surface area contributed by atoms with Gasteiger partial charge >= 0.3 is 12.1 Å². The number of nitrogens with zero attached hydrogens (tertiary/aromatic N) is 2. The number of carbonyl (C=O) groups is 3. The van der Waals surface area contributed by atoms with E-state index in [2.05, 4.69) is 5.32 Å². The number of amides is 5. The van der Waals surface area contributed by atoms with Crippen LogP contribution >= 0.6 is 0 Å². The average Bonchev–Trinajstić information content (AvgIpc) is 3.19. The van der Waals surface area contributed by atoms with E-state index in [1.807, 2.05) is 48.5 Å². The number of fused-ring (bicyclic) bond motifs is 3. The minimum atomic E-state index is -0.620. The van der Waals surface area contributed by atoms with Crippen LogP contribution in [0.15, 0.2) is 48.5 Å². The molecule has 2 aromatic rings. The molecule has 3 aliphatic rings. The van der Waals surface area contributed by atoms with Crippen molar-refractivity contribution < 1.29 is 14.4 Å². The molecule has 5 amide bonds. The fraction of sp³-hybridized carbons (Fsp3) is 0.286. The monoisotopic (exact) mass is 361 g/mol. The van der Waals surface area contributed by atoms with Gasteiger partial charge in [-0.15, -0.1) is 0 Å². The Morgan fingerprint density at radius 3 is 2.48 bits per heavy atom. The van der Waals surface area contributed by atoms with Gasteiger partial charge in [0.15, 0.2) is 0 Å². The highest BCUT2D eigenvalue weighted by Gasteiger charge is 2.50. The zero-order valence-electron chi connectivity index (χ0n) is 14.7. The van der Waals surface area contributed by atoms with Crippen molar-refractivity contribution in [2.45, 2.75) is 37.9 Å². The number of imide groups is 3. The SMILES string of the molecule is O=C(N[C@@H]1CCc2ccccc21)N1C(=O)C2Cc3ccccc3CN2C1=O. The van der Waals surface area contributed by atoms with Crippen LogP contribution in [0.3, 0.4) is 0 Å². The molecule has 136 valence electrons. The first-order valence-electron chi connectivity index (χ1n) is 9.23. The second-order valence-electron chi connectivity index (χ2n) is 7.31. The molecule has 1 unspecified atom stereocenters. The molecular formula is C21H19N3O3. The predicted octanol–water partition coefficient (Wildman–Crippen LogP) is 2.77. The number of urea groups is 2. The van der Waals surface area contributed by atoms with Crippen LogP contribution in [0.1, 0.15) is 34.7 Å². The molecule has 6 heteroatoms. The lowest BCUT2D eigenvalue weighted by atomic mass is 9.95. The van der Waals surface area contributed by atoms with Crippen LogP contribution in [-0.2, 0) is 24.2 Å². The number of aryl methyl sites for hydroxylation is 1. The summed E-state index contributed by atoms with van der Waals surface area (Å²) in [7, 11) is 0. The maximum Gasteiger partial charge on any atom is 0.336 e. The summed E-state index contributed by atoms with van der Waals surface area (Å²) < 4.78 is 0. The van der Waals surface area contributed by atoms with E-state index in [0.29, 0.717) is 13.0 Å². The van der Waals surface area contributed by atoms with Crippen LogP contribution in [-0.4, -0.2) is 33.8 Å². The summed E-state index contributed by atoms with van der Waals surface area (Å²) in [6.07, 6.45) is 2.11. The van der Waals surface area contributed by atoms with E-state index >= 15 is 0 Å². The van der Waals surface area contributed by atoms with Crippen LogP contribution < -0.4 is 5.32 Å². The summed E-state index contributed by atoms with van der Waals surface area (Å²) in [5.74, 6) is -0.432. The molecule has 6 nitrogen and oxygen atoms in total. The summed E-state index contributed by atoms with van der Waals surface area (Å²) in [5.41, 5.74) is 4.36. The van der Waals surface area contributed by atoms with Crippen LogP contribution in [0.2, 0.25) is 0 Å².